The van der Waals surface area contributed by atoms with E-state index in [-0.39, 0.29) is 0 Å². The van der Waals surface area contributed by atoms with Gasteiger partial charge in [0.25, 0.3) is 0 Å². The van der Waals surface area contributed by atoms with Gasteiger partial charge in [-0.3, -0.25) is 0 Å². The Kier molecular flexibility index (Phi) is 5.96. The van der Waals surface area contributed by atoms with Gasteiger partial charge in [-0.05, 0) is 48.9 Å². The number of hydrogen-bond donors (Lipinski definition) is 2. The Morgan fingerprint density at radius 2 is 2.04 bits per heavy atom. The number of carbonyl (C=O) groups is 1. The second kappa shape index (κ2) is 8.38. The van der Waals surface area contributed by atoms with Crippen LogP contribution >= 0.6 is 23.4 Å². The average molecular weight is 392 g/mol. The van der Waals surface area contributed by atoms with E-state index in [4.69, 9.17) is 20.4 Å². The second-order valence-electron chi connectivity index (χ2n) is 5.75. The third-order valence-corrected chi connectivity index (χ3v) is 4.99. The zero-order valence-electron chi connectivity index (χ0n) is 14.1. The fraction of sp³-hybridized carbons (Fsp3) is 0.211. The SMILES string of the molecule is Cc1ccc(Cl)cc1NC(C(=O)O)c1ccc(CSCc2ccco2)o1. The first-order chi connectivity index (χ1) is 12.5. The monoisotopic (exact) mass is 391 g/mol. The quantitative estimate of drug-likeness (QED) is 0.527. The summed E-state index contributed by atoms with van der Waals surface area (Å²) in [5.74, 6) is 2.30. The van der Waals surface area contributed by atoms with Crippen LogP contribution in [0.1, 0.15) is 28.9 Å². The molecule has 0 amide bonds. The van der Waals surface area contributed by atoms with E-state index in [9.17, 15) is 9.90 Å². The summed E-state index contributed by atoms with van der Waals surface area (Å²) in [5.41, 5.74) is 1.57. The average Bonchev–Trinajstić information content (AvgIpc) is 3.27. The first-order valence-electron chi connectivity index (χ1n) is 7.97. The van der Waals surface area contributed by atoms with Gasteiger partial charge in [-0.1, -0.05) is 17.7 Å². The highest BCUT2D eigenvalue weighted by atomic mass is 35.5. The molecule has 0 radical (unpaired) electrons. The summed E-state index contributed by atoms with van der Waals surface area (Å²) in [4.78, 5) is 11.7. The van der Waals surface area contributed by atoms with Crippen LogP contribution in [0.5, 0.6) is 0 Å². The topological polar surface area (TPSA) is 75.6 Å². The molecule has 1 atom stereocenters. The van der Waals surface area contributed by atoms with Gasteiger partial charge in [-0.15, -0.1) is 11.8 Å². The molecular weight excluding hydrogens is 374 g/mol. The molecule has 3 rings (SSSR count). The zero-order chi connectivity index (χ0) is 18.5. The van der Waals surface area contributed by atoms with Crippen molar-refractivity contribution in [2.45, 2.75) is 24.5 Å². The van der Waals surface area contributed by atoms with Crippen molar-refractivity contribution in [2.75, 3.05) is 5.32 Å². The molecule has 0 aliphatic heterocycles. The van der Waals surface area contributed by atoms with Crippen LogP contribution in [0.3, 0.4) is 0 Å². The number of anilines is 1. The molecule has 3 aromatic rings. The standard InChI is InChI=1S/C19H18ClNO4S/c1-12-4-5-13(20)9-16(12)21-18(19(22)23)17-7-6-15(25-17)11-26-10-14-3-2-8-24-14/h2-9,18,21H,10-11H2,1H3,(H,22,23). The van der Waals surface area contributed by atoms with E-state index < -0.39 is 12.0 Å². The summed E-state index contributed by atoms with van der Waals surface area (Å²) in [5, 5.41) is 13.1. The second-order valence-corrected chi connectivity index (χ2v) is 7.17. The van der Waals surface area contributed by atoms with Crippen molar-refractivity contribution in [1.29, 1.82) is 0 Å². The minimum atomic E-state index is -1.02. The molecule has 0 spiro atoms. The van der Waals surface area contributed by atoms with E-state index in [1.54, 1.807) is 42.3 Å². The number of aliphatic carboxylic acids is 1. The molecule has 0 aliphatic carbocycles. The molecule has 0 saturated heterocycles. The maximum absolute atomic E-state index is 11.7. The van der Waals surface area contributed by atoms with Crippen molar-refractivity contribution in [1.82, 2.24) is 0 Å². The maximum atomic E-state index is 11.7. The van der Waals surface area contributed by atoms with E-state index in [2.05, 4.69) is 5.32 Å². The molecule has 26 heavy (non-hydrogen) atoms. The minimum Gasteiger partial charge on any atom is -0.479 e. The first-order valence-corrected chi connectivity index (χ1v) is 9.50. The summed E-state index contributed by atoms with van der Waals surface area (Å²) < 4.78 is 11.0. The van der Waals surface area contributed by atoms with Crippen molar-refractivity contribution >= 4 is 35.0 Å². The summed E-state index contributed by atoms with van der Waals surface area (Å²) >= 11 is 7.64. The number of nitrogens with one attached hydrogen (secondary N) is 1. The van der Waals surface area contributed by atoms with Crippen molar-refractivity contribution in [3.05, 3.63) is 76.6 Å². The first kappa shape index (κ1) is 18.5. The summed E-state index contributed by atoms with van der Waals surface area (Å²) in [7, 11) is 0. The Hall–Kier alpha value is -2.31. The fourth-order valence-electron chi connectivity index (χ4n) is 2.43. The highest BCUT2D eigenvalue weighted by Gasteiger charge is 2.24. The van der Waals surface area contributed by atoms with Crippen LogP contribution in [-0.4, -0.2) is 11.1 Å². The summed E-state index contributed by atoms with van der Waals surface area (Å²) in [6, 6.07) is 11.6. The highest BCUT2D eigenvalue weighted by Crippen LogP contribution is 2.28. The molecule has 7 heteroatoms. The number of benzene rings is 1. The molecule has 0 fully saturated rings. The van der Waals surface area contributed by atoms with Gasteiger partial charge < -0.3 is 19.3 Å². The number of thioether (sulfide) groups is 1. The van der Waals surface area contributed by atoms with Crippen LogP contribution in [0.2, 0.25) is 5.02 Å². The lowest BCUT2D eigenvalue weighted by molar-refractivity contribution is -0.138. The molecule has 1 aromatic carbocycles. The van der Waals surface area contributed by atoms with Crippen LogP contribution in [0.4, 0.5) is 5.69 Å². The third kappa shape index (κ3) is 4.65. The van der Waals surface area contributed by atoms with Crippen LogP contribution in [0.15, 0.2) is 57.6 Å². The highest BCUT2D eigenvalue weighted by molar-refractivity contribution is 7.97. The van der Waals surface area contributed by atoms with E-state index in [1.165, 1.54) is 0 Å². The Balaban J connectivity index is 1.67. The molecule has 136 valence electrons. The molecule has 0 aliphatic rings. The minimum absolute atomic E-state index is 0.352. The molecule has 2 aromatic heterocycles. The van der Waals surface area contributed by atoms with Crippen molar-refractivity contribution < 1.29 is 18.7 Å². The van der Waals surface area contributed by atoms with E-state index in [1.807, 2.05) is 25.1 Å². The van der Waals surface area contributed by atoms with Crippen LogP contribution in [0.25, 0.3) is 0 Å². The van der Waals surface area contributed by atoms with E-state index in [0.717, 1.165) is 17.1 Å². The Morgan fingerprint density at radius 3 is 2.77 bits per heavy atom. The van der Waals surface area contributed by atoms with Gasteiger partial charge >= 0.3 is 5.97 Å². The van der Waals surface area contributed by atoms with E-state index >= 15 is 0 Å². The largest absolute Gasteiger partial charge is 0.479 e. The lowest BCUT2D eigenvalue weighted by Gasteiger charge is -2.16. The molecule has 2 heterocycles. The summed E-state index contributed by atoms with van der Waals surface area (Å²) in [6.45, 7) is 1.89. The van der Waals surface area contributed by atoms with Gasteiger partial charge in [0.05, 0.1) is 17.8 Å². The molecule has 0 saturated carbocycles. The van der Waals surface area contributed by atoms with Crippen LogP contribution in [-0.2, 0) is 16.3 Å². The normalized spacial score (nSPS) is 12.1. The van der Waals surface area contributed by atoms with Crippen molar-refractivity contribution in [3.8, 4) is 0 Å². The smallest absolute Gasteiger partial charge is 0.334 e. The Labute approximate surface area is 160 Å². The molecule has 5 nitrogen and oxygen atoms in total. The molecule has 2 N–H and O–H groups in total. The number of halogens is 1. The van der Waals surface area contributed by atoms with Gasteiger partial charge in [-0.2, -0.15) is 0 Å². The lowest BCUT2D eigenvalue weighted by atomic mass is 10.1. The van der Waals surface area contributed by atoms with Crippen LogP contribution in [0, 0.1) is 6.92 Å². The third-order valence-electron chi connectivity index (χ3n) is 3.78. The predicted octanol–water partition coefficient (Wildman–Crippen LogP) is 5.51. The lowest BCUT2D eigenvalue weighted by Crippen LogP contribution is -2.20. The van der Waals surface area contributed by atoms with E-state index in [0.29, 0.717) is 28.0 Å². The van der Waals surface area contributed by atoms with Crippen molar-refractivity contribution in [2.24, 2.45) is 0 Å². The van der Waals surface area contributed by atoms with Crippen LogP contribution < -0.4 is 5.32 Å². The number of aryl methyl sites for hydroxylation is 1. The number of carboxylic acids is 1. The predicted molar refractivity (Wildman–Crippen MR) is 103 cm³/mol. The zero-order valence-corrected chi connectivity index (χ0v) is 15.6. The van der Waals surface area contributed by atoms with Gasteiger partial charge in [0.1, 0.15) is 17.3 Å². The number of hydrogen-bond acceptors (Lipinski definition) is 5. The van der Waals surface area contributed by atoms with Crippen molar-refractivity contribution in [3.63, 3.8) is 0 Å². The number of carboxylic acid groups (broad SMARTS) is 1. The molecular formula is C19H18ClNO4S. The molecule has 1 unspecified atom stereocenters. The molecule has 0 bridgehead atoms. The van der Waals surface area contributed by atoms with Gasteiger partial charge in [0.15, 0.2) is 6.04 Å². The van der Waals surface area contributed by atoms with Gasteiger partial charge in [0.2, 0.25) is 0 Å². The number of furan rings is 2. The number of rotatable bonds is 8. The Bertz CT molecular complexity index is 876. The fourth-order valence-corrected chi connectivity index (χ4v) is 3.43. The van der Waals surface area contributed by atoms with Gasteiger partial charge in [0, 0.05) is 10.7 Å². The van der Waals surface area contributed by atoms with Gasteiger partial charge in [-0.25, -0.2) is 4.79 Å². The maximum Gasteiger partial charge on any atom is 0.334 e. The summed E-state index contributed by atoms with van der Waals surface area (Å²) in [6.07, 6.45) is 1.64. The Morgan fingerprint density at radius 1 is 1.23 bits per heavy atom.